The quantitative estimate of drug-likeness (QED) is 0.392. The highest BCUT2D eigenvalue weighted by Crippen LogP contribution is 2.26. The smallest absolute Gasteiger partial charge is 0.340 e. The van der Waals surface area contributed by atoms with Gasteiger partial charge in [-0.25, -0.2) is 9.59 Å². The van der Waals surface area contributed by atoms with Gasteiger partial charge in [0.25, 0.3) is 11.5 Å². The van der Waals surface area contributed by atoms with Gasteiger partial charge in [-0.1, -0.05) is 30.3 Å². The van der Waals surface area contributed by atoms with E-state index in [1.54, 1.807) is 45.0 Å². The molecule has 3 aromatic rings. The van der Waals surface area contributed by atoms with E-state index in [4.69, 9.17) is 15.2 Å². The third-order valence-electron chi connectivity index (χ3n) is 5.56. The number of methoxy groups -OCH3 is 1. The maximum Gasteiger partial charge on any atom is 0.340 e. The number of ether oxygens (including phenoxy) is 2. The number of esters is 1. The van der Waals surface area contributed by atoms with E-state index >= 15 is 0 Å². The van der Waals surface area contributed by atoms with Crippen LogP contribution in [0.3, 0.4) is 0 Å². The summed E-state index contributed by atoms with van der Waals surface area (Å²) in [6.07, 6.45) is 0. The monoisotopic (exact) mass is 483 g/mol. The van der Waals surface area contributed by atoms with E-state index < -0.39 is 23.1 Å². The Morgan fingerprint density at radius 3 is 2.43 bits per heavy atom. The van der Waals surface area contributed by atoms with Gasteiger partial charge in [0.15, 0.2) is 5.69 Å². The largest absolute Gasteiger partial charge is 0.462 e. The van der Waals surface area contributed by atoms with Gasteiger partial charge in [-0.2, -0.15) is 0 Å². The molecule has 0 unspecified atom stereocenters. The van der Waals surface area contributed by atoms with E-state index in [-0.39, 0.29) is 49.1 Å². The van der Waals surface area contributed by atoms with Crippen molar-refractivity contribution in [2.24, 2.45) is 0 Å². The molecule has 1 aromatic carbocycles. The molecular weight excluding hydrogens is 454 g/mol. The molecule has 2 aromatic heterocycles. The summed E-state index contributed by atoms with van der Waals surface area (Å²) in [4.78, 5) is 58.0. The molecule has 1 amide bonds. The van der Waals surface area contributed by atoms with Crippen molar-refractivity contribution in [2.45, 2.75) is 33.9 Å². The molecule has 3 rings (SSSR count). The van der Waals surface area contributed by atoms with Gasteiger partial charge in [0, 0.05) is 12.8 Å². The van der Waals surface area contributed by atoms with Crippen LogP contribution in [0.4, 0.5) is 11.5 Å². The highest BCUT2D eigenvalue weighted by Gasteiger charge is 2.30. The number of amides is 1. The Labute approximate surface area is 201 Å². The number of H-pyrrole nitrogens is 2. The SMILES string of the molecule is CCOC(=O)c1c(C)[nH]c(C(=O)N(Cc2ccccc2)c2c(N)n(CCOC)c(=O)[nH]c2=O)c1C. The van der Waals surface area contributed by atoms with Crippen LogP contribution < -0.4 is 21.9 Å². The van der Waals surface area contributed by atoms with Gasteiger partial charge in [-0.15, -0.1) is 0 Å². The van der Waals surface area contributed by atoms with Crippen molar-refractivity contribution in [1.82, 2.24) is 14.5 Å². The number of nitrogens with zero attached hydrogens (tertiary/aromatic N) is 2. The molecule has 2 heterocycles. The minimum Gasteiger partial charge on any atom is -0.462 e. The Morgan fingerprint density at radius 2 is 1.80 bits per heavy atom. The Morgan fingerprint density at radius 1 is 1.11 bits per heavy atom. The molecule has 0 aliphatic carbocycles. The number of nitrogen functional groups attached to an aromatic ring is 1. The normalized spacial score (nSPS) is 10.9. The van der Waals surface area contributed by atoms with Gasteiger partial charge in [0.05, 0.1) is 31.9 Å². The van der Waals surface area contributed by atoms with Gasteiger partial charge >= 0.3 is 11.7 Å². The van der Waals surface area contributed by atoms with Crippen molar-refractivity contribution in [1.29, 1.82) is 0 Å². The number of rotatable bonds is 9. The lowest BCUT2D eigenvalue weighted by Crippen LogP contribution is -2.41. The van der Waals surface area contributed by atoms with Crippen LogP contribution in [0.5, 0.6) is 0 Å². The number of nitrogens with one attached hydrogen (secondary N) is 2. The molecule has 0 saturated heterocycles. The van der Waals surface area contributed by atoms with Crippen molar-refractivity contribution in [3.8, 4) is 0 Å². The maximum absolute atomic E-state index is 13.9. The fourth-order valence-corrected chi connectivity index (χ4v) is 3.87. The van der Waals surface area contributed by atoms with E-state index in [1.165, 1.54) is 12.0 Å². The van der Waals surface area contributed by atoms with E-state index in [0.29, 0.717) is 11.3 Å². The Balaban J connectivity index is 2.19. The lowest BCUT2D eigenvalue weighted by atomic mass is 10.1. The first-order valence-corrected chi connectivity index (χ1v) is 11.0. The maximum atomic E-state index is 13.9. The zero-order chi connectivity index (χ0) is 25.7. The Hall–Kier alpha value is -4.12. The number of carbonyl (C=O) groups excluding carboxylic acids is 2. The summed E-state index contributed by atoms with van der Waals surface area (Å²) in [5.74, 6) is -1.33. The van der Waals surface area contributed by atoms with Crippen molar-refractivity contribution in [3.63, 3.8) is 0 Å². The number of carbonyl (C=O) groups is 2. The van der Waals surface area contributed by atoms with Gasteiger partial charge in [0.2, 0.25) is 0 Å². The first-order chi connectivity index (χ1) is 16.7. The Bertz CT molecular complexity index is 1340. The second-order valence-electron chi connectivity index (χ2n) is 7.86. The zero-order valence-corrected chi connectivity index (χ0v) is 20.1. The van der Waals surface area contributed by atoms with Crippen molar-refractivity contribution < 1.29 is 19.1 Å². The third-order valence-corrected chi connectivity index (χ3v) is 5.56. The van der Waals surface area contributed by atoms with Crippen molar-refractivity contribution >= 4 is 23.4 Å². The molecule has 0 bridgehead atoms. The first-order valence-electron chi connectivity index (χ1n) is 11.0. The third kappa shape index (κ3) is 5.19. The van der Waals surface area contributed by atoms with Crippen molar-refractivity contribution in [2.75, 3.05) is 31.0 Å². The summed E-state index contributed by atoms with van der Waals surface area (Å²) in [7, 11) is 1.47. The van der Waals surface area contributed by atoms with Crippen LogP contribution in [0, 0.1) is 13.8 Å². The molecule has 0 fully saturated rings. The van der Waals surface area contributed by atoms with E-state index in [9.17, 15) is 19.2 Å². The molecule has 11 nitrogen and oxygen atoms in total. The highest BCUT2D eigenvalue weighted by atomic mass is 16.5. The number of benzene rings is 1. The molecule has 35 heavy (non-hydrogen) atoms. The van der Waals surface area contributed by atoms with Gasteiger partial charge in [-0.05, 0) is 31.9 Å². The zero-order valence-electron chi connectivity index (χ0n) is 20.1. The Kier molecular flexibility index (Phi) is 7.92. The van der Waals surface area contributed by atoms with Crippen LogP contribution in [0.25, 0.3) is 0 Å². The van der Waals surface area contributed by atoms with Gasteiger partial charge in [0.1, 0.15) is 11.5 Å². The second-order valence-corrected chi connectivity index (χ2v) is 7.86. The molecule has 0 radical (unpaired) electrons. The molecular formula is C24H29N5O6. The lowest BCUT2D eigenvalue weighted by molar-refractivity contribution is 0.0525. The summed E-state index contributed by atoms with van der Waals surface area (Å²) in [5.41, 5.74) is 6.48. The highest BCUT2D eigenvalue weighted by molar-refractivity contribution is 6.09. The summed E-state index contributed by atoms with van der Waals surface area (Å²) in [6, 6.07) is 9.01. The minimum absolute atomic E-state index is 0.0122. The fourth-order valence-electron chi connectivity index (χ4n) is 3.87. The second kappa shape index (κ2) is 10.9. The van der Waals surface area contributed by atoms with E-state index in [1.807, 2.05) is 6.07 Å². The van der Waals surface area contributed by atoms with Crippen LogP contribution >= 0.6 is 0 Å². The average Bonchev–Trinajstić information content (AvgIpc) is 3.12. The molecule has 0 atom stereocenters. The van der Waals surface area contributed by atoms with E-state index in [0.717, 1.165) is 10.1 Å². The molecule has 186 valence electrons. The van der Waals surface area contributed by atoms with Crippen LogP contribution in [-0.2, 0) is 22.6 Å². The molecule has 0 aliphatic rings. The lowest BCUT2D eigenvalue weighted by Gasteiger charge is -2.24. The topological polar surface area (TPSA) is 153 Å². The fraction of sp³-hybridized carbons (Fsp3) is 0.333. The van der Waals surface area contributed by atoms with Gasteiger partial charge in [-0.3, -0.25) is 24.0 Å². The van der Waals surface area contributed by atoms with Crippen molar-refractivity contribution in [3.05, 3.63) is 79.2 Å². The molecule has 11 heteroatoms. The predicted octanol–water partition coefficient (Wildman–Crippen LogP) is 1.73. The van der Waals surface area contributed by atoms with Gasteiger partial charge < -0.3 is 20.2 Å². The predicted molar refractivity (Wildman–Crippen MR) is 131 cm³/mol. The number of aryl methyl sites for hydroxylation is 1. The number of anilines is 2. The molecule has 0 saturated carbocycles. The van der Waals surface area contributed by atoms with Crippen LogP contribution in [0.1, 0.15) is 44.6 Å². The number of nitrogens with two attached hydrogens (primary N) is 1. The molecule has 0 spiro atoms. The molecule has 4 N–H and O–H groups in total. The number of hydrogen-bond donors (Lipinski definition) is 3. The van der Waals surface area contributed by atoms with Crippen LogP contribution in [0.2, 0.25) is 0 Å². The number of hydrogen-bond acceptors (Lipinski definition) is 7. The summed E-state index contributed by atoms with van der Waals surface area (Å²) in [5, 5.41) is 0. The van der Waals surface area contributed by atoms with E-state index in [2.05, 4.69) is 9.97 Å². The van der Waals surface area contributed by atoms with Crippen LogP contribution in [-0.4, -0.2) is 46.7 Å². The average molecular weight is 484 g/mol. The number of aromatic amines is 2. The first kappa shape index (κ1) is 25.5. The summed E-state index contributed by atoms with van der Waals surface area (Å²) >= 11 is 0. The molecule has 0 aliphatic heterocycles. The van der Waals surface area contributed by atoms with Crippen LogP contribution in [0.15, 0.2) is 39.9 Å². The standard InChI is InChI=1S/C24H29N5O6/c1-5-35-23(32)17-14(2)18(26-15(17)3)22(31)29(13-16-9-7-6-8-10-16)19-20(25)28(11-12-34-4)24(33)27-21(19)30/h6-10,26H,5,11-13,25H2,1-4H3,(H,27,30,33). The summed E-state index contributed by atoms with van der Waals surface area (Å²) < 4.78 is 11.3. The minimum atomic E-state index is -0.808. The number of aromatic nitrogens is 3. The summed E-state index contributed by atoms with van der Waals surface area (Å²) in [6.45, 7) is 5.38.